The zero-order valence-corrected chi connectivity index (χ0v) is 15.4. The number of hydrogen-bond donors (Lipinski definition) is 2. The third-order valence-corrected chi connectivity index (χ3v) is 5.52. The van der Waals surface area contributed by atoms with Crippen molar-refractivity contribution >= 4 is 5.91 Å². The molecule has 3 aromatic rings. The number of carbonyl (C=O) groups is 1. The molecule has 2 aromatic carbocycles. The molecule has 1 aliphatic rings. The number of H-pyrrole nitrogens is 1. The largest absolute Gasteiger partial charge is 0.496 e. The number of aryl methyl sites for hydroxylation is 1. The number of hydrogen-bond acceptors (Lipinski definition) is 3. The fourth-order valence-electron chi connectivity index (χ4n) is 3.99. The molecule has 27 heavy (non-hydrogen) atoms. The first kappa shape index (κ1) is 17.3. The molecule has 1 amide bonds. The van der Waals surface area contributed by atoms with Gasteiger partial charge in [-0.2, -0.15) is 5.10 Å². The highest BCUT2D eigenvalue weighted by Crippen LogP contribution is 2.37. The van der Waals surface area contributed by atoms with Crippen molar-refractivity contribution < 1.29 is 9.53 Å². The van der Waals surface area contributed by atoms with Crippen molar-refractivity contribution in [3.63, 3.8) is 0 Å². The van der Waals surface area contributed by atoms with Crippen LogP contribution in [0, 0.1) is 0 Å². The van der Waals surface area contributed by atoms with E-state index in [2.05, 4.69) is 39.8 Å². The minimum Gasteiger partial charge on any atom is -0.496 e. The molecule has 1 aliphatic carbocycles. The maximum absolute atomic E-state index is 12.8. The van der Waals surface area contributed by atoms with E-state index in [-0.39, 0.29) is 11.3 Å². The molecule has 0 bridgehead atoms. The van der Waals surface area contributed by atoms with Crippen LogP contribution in [-0.2, 0) is 18.3 Å². The molecule has 0 saturated carbocycles. The van der Waals surface area contributed by atoms with Gasteiger partial charge in [0.15, 0.2) is 0 Å². The molecule has 1 aromatic heterocycles. The van der Waals surface area contributed by atoms with Crippen LogP contribution in [0.3, 0.4) is 0 Å². The van der Waals surface area contributed by atoms with Gasteiger partial charge in [-0.1, -0.05) is 42.5 Å². The van der Waals surface area contributed by atoms with Gasteiger partial charge in [0, 0.05) is 17.7 Å². The summed E-state index contributed by atoms with van der Waals surface area (Å²) in [5, 5.41) is 10.5. The molecule has 5 heteroatoms. The number of aromatic amines is 1. The Morgan fingerprint density at radius 1 is 1.19 bits per heavy atom. The number of benzene rings is 2. The van der Waals surface area contributed by atoms with E-state index in [1.807, 2.05) is 24.4 Å². The Hall–Kier alpha value is -3.08. The van der Waals surface area contributed by atoms with Crippen LogP contribution in [0.25, 0.3) is 0 Å². The van der Waals surface area contributed by atoms with Gasteiger partial charge in [-0.3, -0.25) is 9.89 Å². The highest BCUT2D eigenvalue weighted by atomic mass is 16.5. The molecule has 0 aliphatic heterocycles. The minimum absolute atomic E-state index is 0.110. The summed E-state index contributed by atoms with van der Waals surface area (Å²) in [6.07, 6.45) is 4.65. The summed E-state index contributed by atoms with van der Waals surface area (Å²) >= 11 is 0. The number of para-hydroxylation sites is 1. The Balaban J connectivity index is 1.60. The summed E-state index contributed by atoms with van der Waals surface area (Å²) in [5.74, 6) is 0.477. The zero-order valence-electron chi connectivity index (χ0n) is 15.4. The average Bonchev–Trinajstić information content (AvgIpc) is 3.20. The summed E-state index contributed by atoms with van der Waals surface area (Å²) in [4.78, 5) is 12.8. The van der Waals surface area contributed by atoms with Crippen molar-refractivity contribution in [2.24, 2.45) is 0 Å². The zero-order chi connectivity index (χ0) is 18.7. The van der Waals surface area contributed by atoms with E-state index in [1.54, 1.807) is 19.2 Å². The normalized spacial score (nSPS) is 18.6. The lowest BCUT2D eigenvalue weighted by Gasteiger charge is -2.37. The Kier molecular flexibility index (Phi) is 4.67. The van der Waals surface area contributed by atoms with E-state index >= 15 is 0 Å². The number of fused-ring (bicyclic) bond motifs is 1. The van der Waals surface area contributed by atoms with Crippen molar-refractivity contribution in [1.82, 2.24) is 15.5 Å². The number of aromatic nitrogens is 2. The second kappa shape index (κ2) is 7.27. The molecule has 0 radical (unpaired) electrons. The molecule has 5 nitrogen and oxygen atoms in total. The number of carbonyl (C=O) groups excluding carboxylic acids is 1. The topological polar surface area (TPSA) is 67.0 Å². The summed E-state index contributed by atoms with van der Waals surface area (Å²) in [5.41, 5.74) is 4.10. The van der Waals surface area contributed by atoms with Crippen LogP contribution in [0.4, 0.5) is 0 Å². The first-order chi connectivity index (χ1) is 13.2. The first-order valence-corrected chi connectivity index (χ1v) is 9.20. The molecule has 0 saturated heterocycles. The molecule has 0 fully saturated rings. The van der Waals surface area contributed by atoms with Crippen LogP contribution >= 0.6 is 0 Å². The third-order valence-electron chi connectivity index (χ3n) is 5.52. The third kappa shape index (κ3) is 3.33. The standard InChI is InChI=1S/C22H23N3O2/c1-27-20-10-6-5-9-18(20)21(26)23-15-22(17-7-3-2-4-8-17)12-11-19-16(13-22)14-24-25-19/h2-10,14H,11-13,15H2,1H3,(H,23,26)(H,24,25). The van der Waals surface area contributed by atoms with Crippen molar-refractivity contribution in [3.8, 4) is 5.75 Å². The van der Waals surface area contributed by atoms with Crippen LogP contribution in [0.15, 0.2) is 60.8 Å². The van der Waals surface area contributed by atoms with Gasteiger partial charge < -0.3 is 10.1 Å². The van der Waals surface area contributed by atoms with Crippen LogP contribution < -0.4 is 10.1 Å². The average molecular weight is 361 g/mol. The lowest BCUT2D eigenvalue weighted by Crippen LogP contribution is -2.44. The van der Waals surface area contributed by atoms with Crippen molar-refractivity contribution in [2.75, 3.05) is 13.7 Å². The number of nitrogens with zero attached hydrogens (tertiary/aromatic N) is 1. The second-order valence-electron chi connectivity index (χ2n) is 7.08. The molecule has 1 atom stereocenters. The first-order valence-electron chi connectivity index (χ1n) is 9.20. The van der Waals surface area contributed by atoms with Crippen LogP contribution in [0.2, 0.25) is 0 Å². The van der Waals surface area contributed by atoms with Gasteiger partial charge in [0.2, 0.25) is 0 Å². The van der Waals surface area contributed by atoms with Crippen molar-refractivity contribution in [3.05, 3.63) is 83.2 Å². The molecule has 1 unspecified atom stereocenters. The predicted molar refractivity (Wildman–Crippen MR) is 104 cm³/mol. The quantitative estimate of drug-likeness (QED) is 0.733. The van der Waals surface area contributed by atoms with Crippen LogP contribution in [0.1, 0.15) is 33.6 Å². The smallest absolute Gasteiger partial charge is 0.255 e. The molecule has 1 heterocycles. The van der Waals surface area contributed by atoms with Crippen molar-refractivity contribution in [2.45, 2.75) is 24.7 Å². The number of methoxy groups -OCH3 is 1. The number of rotatable bonds is 5. The lowest BCUT2D eigenvalue weighted by molar-refractivity contribution is 0.0937. The van der Waals surface area contributed by atoms with E-state index in [4.69, 9.17) is 4.74 Å². The van der Waals surface area contributed by atoms with Gasteiger partial charge in [-0.15, -0.1) is 0 Å². The lowest BCUT2D eigenvalue weighted by atomic mass is 9.69. The van der Waals surface area contributed by atoms with Crippen LogP contribution in [0.5, 0.6) is 5.75 Å². The van der Waals surface area contributed by atoms with E-state index in [9.17, 15) is 4.79 Å². The Bertz CT molecular complexity index is 935. The van der Waals surface area contributed by atoms with E-state index in [0.717, 1.165) is 19.3 Å². The van der Waals surface area contributed by atoms with Gasteiger partial charge in [0.05, 0.1) is 18.9 Å². The molecular weight excluding hydrogens is 338 g/mol. The molecule has 138 valence electrons. The number of amides is 1. The Morgan fingerprint density at radius 3 is 2.78 bits per heavy atom. The fraction of sp³-hybridized carbons (Fsp3) is 0.273. The molecule has 4 rings (SSSR count). The van der Waals surface area contributed by atoms with Gasteiger partial charge in [-0.05, 0) is 42.5 Å². The monoisotopic (exact) mass is 361 g/mol. The Morgan fingerprint density at radius 2 is 1.96 bits per heavy atom. The van der Waals surface area contributed by atoms with E-state index in [0.29, 0.717) is 17.9 Å². The van der Waals surface area contributed by atoms with Crippen LogP contribution in [-0.4, -0.2) is 29.8 Å². The van der Waals surface area contributed by atoms with Crippen molar-refractivity contribution in [1.29, 1.82) is 0 Å². The summed E-state index contributed by atoms with van der Waals surface area (Å²) in [7, 11) is 1.58. The van der Waals surface area contributed by atoms with Gasteiger partial charge in [-0.25, -0.2) is 0 Å². The highest BCUT2D eigenvalue weighted by Gasteiger charge is 2.37. The summed E-state index contributed by atoms with van der Waals surface area (Å²) in [6.45, 7) is 0.568. The number of ether oxygens (including phenoxy) is 1. The predicted octanol–water partition coefficient (Wildman–Crippen LogP) is 3.28. The Labute approximate surface area is 158 Å². The highest BCUT2D eigenvalue weighted by molar-refractivity contribution is 5.97. The van der Waals surface area contributed by atoms with Gasteiger partial charge in [0.25, 0.3) is 5.91 Å². The fourth-order valence-corrected chi connectivity index (χ4v) is 3.99. The molecule has 0 spiro atoms. The summed E-state index contributed by atoms with van der Waals surface area (Å²) in [6, 6.07) is 17.8. The second-order valence-corrected chi connectivity index (χ2v) is 7.08. The SMILES string of the molecule is COc1ccccc1C(=O)NCC1(c2ccccc2)CCc2[nH]ncc2C1. The molecule has 2 N–H and O–H groups in total. The summed E-state index contributed by atoms with van der Waals surface area (Å²) < 4.78 is 5.33. The minimum atomic E-state index is -0.143. The van der Waals surface area contributed by atoms with Gasteiger partial charge >= 0.3 is 0 Å². The molecular formula is C22H23N3O2. The maximum Gasteiger partial charge on any atom is 0.255 e. The van der Waals surface area contributed by atoms with E-state index in [1.165, 1.54) is 16.8 Å². The number of nitrogens with one attached hydrogen (secondary N) is 2. The van der Waals surface area contributed by atoms with Gasteiger partial charge in [0.1, 0.15) is 5.75 Å². The van der Waals surface area contributed by atoms with E-state index < -0.39 is 0 Å². The maximum atomic E-state index is 12.8.